The first kappa shape index (κ1) is 14.1. The number of halogens is 2. The Morgan fingerprint density at radius 3 is 2.41 bits per heavy atom. The van der Waals surface area contributed by atoms with Gasteiger partial charge in [-0.05, 0) is 48.0 Å². The quantitative estimate of drug-likeness (QED) is 0.744. The van der Waals surface area contributed by atoms with Gasteiger partial charge in [-0.2, -0.15) is 5.10 Å². The summed E-state index contributed by atoms with van der Waals surface area (Å²) in [5.74, 6) is -0.697. The lowest BCUT2D eigenvalue weighted by Crippen LogP contribution is -2.22. The summed E-state index contributed by atoms with van der Waals surface area (Å²) in [5, 5.41) is 4.26. The Kier molecular flexibility index (Phi) is 3.78. The first-order chi connectivity index (χ1) is 10.6. The highest BCUT2D eigenvalue weighted by atomic mass is 19.1. The summed E-state index contributed by atoms with van der Waals surface area (Å²) in [6.45, 7) is 0.172. The number of hydrogen-bond donors (Lipinski definition) is 0. The van der Waals surface area contributed by atoms with Crippen LogP contribution in [0.25, 0.3) is 11.3 Å². The van der Waals surface area contributed by atoms with Crippen LogP contribution in [-0.2, 0) is 6.54 Å². The standard InChI is InChI=1S/C17H12F2N2O/c18-14-6-4-13(5-7-14)16-8-9-17(22)21(20-16)11-12-2-1-3-15(19)10-12/h1-10H,11H2. The van der Waals surface area contributed by atoms with Gasteiger partial charge in [-0.15, -0.1) is 0 Å². The Bertz CT molecular complexity index is 857. The summed E-state index contributed by atoms with van der Waals surface area (Å²) in [6, 6.07) is 14.8. The van der Waals surface area contributed by atoms with E-state index in [0.717, 1.165) is 0 Å². The number of aromatic nitrogens is 2. The van der Waals surface area contributed by atoms with Crippen LogP contribution in [0.15, 0.2) is 65.5 Å². The Labute approximate surface area is 125 Å². The predicted octanol–water partition coefficient (Wildman–Crippen LogP) is 3.24. The van der Waals surface area contributed by atoms with Crippen molar-refractivity contribution < 1.29 is 8.78 Å². The van der Waals surface area contributed by atoms with E-state index < -0.39 is 0 Å². The van der Waals surface area contributed by atoms with E-state index in [1.807, 2.05) is 0 Å². The van der Waals surface area contributed by atoms with Crippen LogP contribution >= 0.6 is 0 Å². The molecule has 0 radical (unpaired) electrons. The molecule has 22 heavy (non-hydrogen) atoms. The summed E-state index contributed by atoms with van der Waals surface area (Å²) in [7, 11) is 0. The molecular weight excluding hydrogens is 286 g/mol. The lowest BCUT2D eigenvalue weighted by atomic mass is 10.1. The van der Waals surface area contributed by atoms with E-state index in [1.54, 1.807) is 30.3 Å². The third kappa shape index (κ3) is 3.09. The number of nitrogens with zero attached hydrogens (tertiary/aromatic N) is 2. The van der Waals surface area contributed by atoms with Crippen LogP contribution < -0.4 is 5.56 Å². The Morgan fingerprint density at radius 2 is 1.68 bits per heavy atom. The van der Waals surface area contributed by atoms with Crippen molar-refractivity contribution in [1.29, 1.82) is 0 Å². The maximum absolute atomic E-state index is 13.2. The Morgan fingerprint density at radius 1 is 0.909 bits per heavy atom. The fraction of sp³-hybridized carbons (Fsp3) is 0.0588. The minimum Gasteiger partial charge on any atom is -0.268 e. The molecule has 3 nitrogen and oxygen atoms in total. The molecule has 110 valence electrons. The third-order valence-electron chi connectivity index (χ3n) is 3.23. The average molecular weight is 298 g/mol. The summed E-state index contributed by atoms with van der Waals surface area (Å²) >= 11 is 0. The highest BCUT2D eigenvalue weighted by Gasteiger charge is 2.05. The zero-order valence-electron chi connectivity index (χ0n) is 11.5. The third-order valence-corrected chi connectivity index (χ3v) is 3.23. The van der Waals surface area contributed by atoms with Crippen LogP contribution in [0, 0.1) is 11.6 Å². The average Bonchev–Trinajstić information content (AvgIpc) is 2.50. The largest absolute Gasteiger partial charge is 0.268 e. The normalized spacial score (nSPS) is 10.6. The molecule has 0 aliphatic rings. The van der Waals surface area contributed by atoms with Gasteiger partial charge < -0.3 is 0 Å². The fourth-order valence-corrected chi connectivity index (χ4v) is 2.15. The van der Waals surface area contributed by atoms with Crippen molar-refractivity contribution in [2.45, 2.75) is 6.54 Å². The topological polar surface area (TPSA) is 34.9 Å². The molecule has 0 amide bonds. The van der Waals surface area contributed by atoms with Crippen LogP contribution in [0.2, 0.25) is 0 Å². The molecule has 3 aromatic rings. The molecule has 0 N–H and O–H groups in total. The minimum atomic E-state index is -0.361. The monoisotopic (exact) mass is 298 g/mol. The highest BCUT2D eigenvalue weighted by Crippen LogP contribution is 2.16. The van der Waals surface area contributed by atoms with Crippen molar-refractivity contribution in [3.63, 3.8) is 0 Å². The van der Waals surface area contributed by atoms with Gasteiger partial charge in [0.15, 0.2) is 0 Å². The second-order valence-electron chi connectivity index (χ2n) is 4.85. The van der Waals surface area contributed by atoms with Gasteiger partial charge in [0.2, 0.25) is 0 Å². The summed E-state index contributed by atoms with van der Waals surface area (Å²) in [4.78, 5) is 11.9. The molecule has 3 rings (SSSR count). The molecule has 0 unspecified atom stereocenters. The van der Waals surface area contributed by atoms with Crippen molar-refractivity contribution in [2.24, 2.45) is 0 Å². The van der Waals surface area contributed by atoms with Crippen LogP contribution in [0.4, 0.5) is 8.78 Å². The lowest BCUT2D eigenvalue weighted by Gasteiger charge is -2.07. The van der Waals surface area contributed by atoms with Gasteiger partial charge in [0.25, 0.3) is 5.56 Å². The Balaban J connectivity index is 1.96. The van der Waals surface area contributed by atoms with Crippen LogP contribution in [-0.4, -0.2) is 9.78 Å². The highest BCUT2D eigenvalue weighted by molar-refractivity contribution is 5.57. The molecule has 0 atom stereocenters. The zero-order valence-corrected chi connectivity index (χ0v) is 11.5. The van der Waals surface area contributed by atoms with Crippen molar-refractivity contribution in [3.8, 4) is 11.3 Å². The van der Waals surface area contributed by atoms with Crippen molar-refractivity contribution in [1.82, 2.24) is 9.78 Å². The first-order valence-electron chi connectivity index (χ1n) is 6.70. The maximum atomic E-state index is 13.2. The Hall–Kier alpha value is -2.82. The van der Waals surface area contributed by atoms with Gasteiger partial charge in [0, 0.05) is 11.6 Å². The SMILES string of the molecule is O=c1ccc(-c2ccc(F)cc2)nn1Cc1cccc(F)c1. The van der Waals surface area contributed by atoms with E-state index in [1.165, 1.54) is 35.0 Å². The molecule has 0 saturated carbocycles. The number of hydrogen-bond acceptors (Lipinski definition) is 2. The van der Waals surface area contributed by atoms with Gasteiger partial charge in [-0.1, -0.05) is 12.1 Å². The first-order valence-corrected chi connectivity index (χ1v) is 6.70. The van der Waals surface area contributed by atoms with Crippen LogP contribution in [0.5, 0.6) is 0 Å². The summed E-state index contributed by atoms with van der Waals surface area (Å²) < 4.78 is 27.4. The van der Waals surface area contributed by atoms with E-state index in [4.69, 9.17) is 0 Å². The van der Waals surface area contributed by atoms with E-state index in [2.05, 4.69) is 5.10 Å². The molecule has 1 heterocycles. The summed E-state index contributed by atoms with van der Waals surface area (Å²) in [6.07, 6.45) is 0. The van der Waals surface area contributed by atoms with E-state index in [9.17, 15) is 13.6 Å². The molecule has 0 fully saturated rings. The van der Waals surface area contributed by atoms with Crippen molar-refractivity contribution >= 4 is 0 Å². The summed E-state index contributed by atoms with van der Waals surface area (Å²) in [5.41, 5.74) is 1.62. The predicted molar refractivity (Wildman–Crippen MR) is 79.4 cm³/mol. The van der Waals surface area contributed by atoms with E-state index in [-0.39, 0.29) is 23.7 Å². The van der Waals surface area contributed by atoms with E-state index in [0.29, 0.717) is 16.8 Å². The maximum Gasteiger partial charge on any atom is 0.267 e. The van der Waals surface area contributed by atoms with Crippen LogP contribution in [0.1, 0.15) is 5.56 Å². The van der Waals surface area contributed by atoms with Crippen molar-refractivity contribution in [3.05, 3.63) is 88.2 Å². The molecule has 5 heteroatoms. The van der Waals surface area contributed by atoms with Gasteiger partial charge in [-0.3, -0.25) is 4.79 Å². The molecule has 0 saturated heterocycles. The lowest BCUT2D eigenvalue weighted by molar-refractivity contribution is 0.611. The van der Waals surface area contributed by atoms with Gasteiger partial charge in [0.05, 0.1) is 12.2 Å². The van der Waals surface area contributed by atoms with Crippen LogP contribution in [0.3, 0.4) is 0 Å². The molecule has 0 spiro atoms. The fourth-order valence-electron chi connectivity index (χ4n) is 2.15. The molecule has 0 aliphatic carbocycles. The second-order valence-corrected chi connectivity index (χ2v) is 4.85. The molecular formula is C17H12F2N2O. The minimum absolute atomic E-state index is 0.172. The molecule has 0 bridgehead atoms. The molecule has 2 aromatic carbocycles. The van der Waals surface area contributed by atoms with Crippen molar-refractivity contribution in [2.75, 3.05) is 0 Å². The molecule has 0 aliphatic heterocycles. The number of benzene rings is 2. The smallest absolute Gasteiger partial charge is 0.267 e. The van der Waals surface area contributed by atoms with E-state index >= 15 is 0 Å². The van der Waals surface area contributed by atoms with Gasteiger partial charge in [-0.25, -0.2) is 13.5 Å². The molecule has 1 aromatic heterocycles. The van der Waals surface area contributed by atoms with Gasteiger partial charge >= 0.3 is 0 Å². The number of rotatable bonds is 3. The zero-order chi connectivity index (χ0) is 15.5. The van der Waals surface area contributed by atoms with Gasteiger partial charge in [0.1, 0.15) is 11.6 Å². The second kappa shape index (κ2) is 5.89.